The van der Waals surface area contributed by atoms with Crippen LogP contribution in [0.15, 0.2) is 9.59 Å². The third kappa shape index (κ3) is 1.91. The van der Waals surface area contributed by atoms with Gasteiger partial charge in [-0.3, -0.25) is 24.6 Å². The van der Waals surface area contributed by atoms with Crippen molar-refractivity contribution < 1.29 is 4.79 Å². The quantitative estimate of drug-likeness (QED) is 0.693. The minimum absolute atomic E-state index is 0.0292. The fourth-order valence-electron chi connectivity index (χ4n) is 2.57. The summed E-state index contributed by atoms with van der Waals surface area (Å²) in [5, 5.41) is 12.2. The smallest absolute Gasteiger partial charge is 0.292 e. The van der Waals surface area contributed by atoms with Crippen LogP contribution < -0.4 is 11.1 Å². The van der Waals surface area contributed by atoms with Crippen LogP contribution in [-0.2, 0) is 4.79 Å². The number of nitrogens with zero attached hydrogens (tertiary/aromatic N) is 4. The van der Waals surface area contributed by atoms with Gasteiger partial charge in [-0.1, -0.05) is 5.21 Å². The maximum atomic E-state index is 11.8. The zero-order valence-electron chi connectivity index (χ0n) is 10.9. The Morgan fingerprint density at radius 3 is 2.50 bits per heavy atom. The molecule has 0 bridgehead atoms. The highest BCUT2D eigenvalue weighted by Gasteiger charge is 2.25. The third-order valence-electron chi connectivity index (χ3n) is 3.67. The number of fused-ring (bicyclic) bond motifs is 1. The number of rotatable bonds is 1. The van der Waals surface area contributed by atoms with Crippen LogP contribution in [0.2, 0.25) is 0 Å². The van der Waals surface area contributed by atoms with Crippen molar-refractivity contribution >= 4 is 16.9 Å². The van der Waals surface area contributed by atoms with Gasteiger partial charge in [-0.25, -0.2) is 4.68 Å². The summed E-state index contributed by atoms with van der Waals surface area (Å²) >= 11 is 0. The van der Waals surface area contributed by atoms with E-state index in [2.05, 4.69) is 20.5 Å². The maximum Gasteiger partial charge on any atom is 0.292 e. The molecule has 1 amide bonds. The lowest BCUT2D eigenvalue weighted by Gasteiger charge is -2.31. The van der Waals surface area contributed by atoms with Gasteiger partial charge in [0.05, 0.1) is 6.04 Å². The first kappa shape index (κ1) is 12.6. The van der Waals surface area contributed by atoms with Crippen molar-refractivity contribution in [1.82, 2.24) is 30.1 Å². The van der Waals surface area contributed by atoms with Crippen molar-refractivity contribution in [3.8, 4) is 0 Å². The van der Waals surface area contributed by atoms with Crippen LogP contribution in [0.1, 0.15) is 25.8 Å². The molecule has 20 heavy (non-hydrogen) atoms. The SMILES string of the molecule is CC(=O)N1CCC(n2nnc3c(=O)[nH][nH]c(=O)c32)CC1. The predicted octanol–water partition coefficient (Wildman–Crippen LogP) is -1.01. The Kier molecular flexibility index (Phi) is 2.88. The van der Waals surface area contributed by atoms with Gasteiger partial charge < -0.3 is 4.90 Å². The molecule has 0 aliphatic carbocycles. The number of aromatic nitrogens is 5. The molecule has 1 aliphatic rings. The normalized spacial score (nSPS) is 16.8. The maximum absolute atomic E-state index is 11.8. The largest absolute Gasteiger partial charge is 0.343 e. The van der Waals surface area contributed by atoms with Gasteiger partial charge in [0.2, 0.25) is 5.91 Å². The van der Waals surface area contributed by atoms with Crippen molar-refractivity contribution in [3.63, 3.8) is 0 Å². The van der Waals surface area contributed by atoms with Crippen LogP contribution in [0, 0.1) is 0 Å². The van der Waals surface area contributed by atoms with E-state index in [9.17, 15) is 14.4 Å². The van der Waals surface area contributed by atoms with E-state index in [1.165, 1.54) is 11.6 Å². The molecule has 1 aliphatic heterocycles. The minimum atomic E-state index is -0.466. The zero-order valence-corrected chi connectivity index (χ0v) is 10.9. The molecule has 0 saturated carbocycles. The zero-order chi connectivity index (χ0) is 14.3. The Labute approximate surface area is 112 Å². The van der Waals surface area contributed by atoms with Gasteiger partial charge in [0.25, 0.3) is 11.1 Å². The molecule has 0 radical (unpaired) electrons. The molecule has 2 aromatic heterocycles. The second-order valence-electron chi connectivity index (χ2n) is 4.88. The molecule has 2 N–H and O–H groups in total. The molecular weight excluding hydrogens is 264 g/mol. The summed E-state index contributed by atoms with van der Waals surface area (Å²) in [6.07, 6.45) is 1.37. The first-order chi connectivity index (χ1) is 9.58. The molecule has 0 aromatic carbocycles. The van der Waals surface area contributed by atoms with E-state index >= 15 is 0 Å². The van der Waals surface area contributed by atoms with Crippen molar-refractivity contribution in [2.24, 2.45) is 0 Å². The summed E-state index contributed by atoms with van der Waals surface area (Å²) in [6.45, 7) is 2.76. The molecule has 3 rings (SSSR count). The molecule has 3 heterocycles. The van der Waals surface area contributed by atoms with Gasteiger partial charge in [-0.15, -0.1) is 5.10 Å². The van der Waals surface area contributed by atoms with Gasteiger partial charge in [-0.05, 0) is 12.8 Å². The molecule has 2 aromatic rings. The van der Waals surface area contributed by atoms with Crippen LogP contribution in [0.25, 0.3) is 11.0 Å². The second kappa shape index (κ2) is 4.58. The standard InChI is InChI=1S/C11H14N6O3/c1-6(18)16-4-2-7(3-5-16)17-9-8(12-15-17)10(19)13-14-11(9)20/h7H,2-5H2,1H3,(H,13,19)(H,14,20). The fourth-order valence-corrected chi connectivity index (χ4v) is 2.57. The van der Waals surface area contributed by atoms with Crippen LogP contribution in [0.5, 0.6) is 0 Å². The van der Waals surface area contributed by atoms with Crippen LogP contribution >= 0.6 is 0 Å². The summed E-state index contributed by atoms with van der Waals surface area (Å²) < 4.78 is 1.50. The molecule has 0 unspecified atom stereocenters. The molecule has 1 fully saturated rings. The lowest BCUT2D eigenvalue weighted by atomic mass is 10.1. The lowest BCUT2D eigenvalue weighted by molar-refractivity contribution is -0.130. The molecular formula is C11H14N6O3. The predicted molar refractivity (Wildman–Crippen MR) is 69.3 cm³/mol. The fraction of sp³-hybridized carbons (Fsp3) is 0.545. The number of hydrogen-bond donors (Lipinski definition) is 2. The number of hydrogen-bond acceptors (Lipinski definition) is 5. The Hall–Kier alpha value is -2.45. The first-order valence-corrected chi connectivity index (χ1v) is 6.39. The highest BCUT2D eigenvalue weighted by Crippen LogP contribution is 2.23. The van der Waals surface area contributed by atoms with Gasteiger partial charge in [0, 0.05) is 20.0 Å². The summed E-state index contributed by atoms with van der Waals surface area (Å²) in [5.41, 5.74) is -0.650. The van der Waals surface area contributed by atoms with E-state index in [0.29, 0.717) is 25.9 Å². The van der Waals surface area contributed by atoms with Crippen LogP contribution in [0.3, 0.4) is 0 Å². The number of piperidine rings is 1. The summed E-state index contributed by atoms with van der Waals surface area (Å²) in [7, 11) is 0. The van der Waals surface area contributed by atoms with E-state index < -0.39 is 11.1 Å². The molecule has 9 nitrogen and oxygen atoms in total. The van der Waals surface area contributed by atoms with Crippen LogP contribution in [0.4, 0.5) is 0 Å². The molecule has 0 spiro atoms. The highest BCUT2D eigenvalue weighted by molar-refractivity contribution is 5.73. The summed E-state index contributed by atoms with van der Waals surface area (Å²) in [5.74, 6) is 0.0428. The van der Waals surface area contributed by atoms with Crippen molar-refractivity contribution in [1.29, 1.82) is 0 Å². The number of H-pyrrole nitrogens is 2. The number of carbonyl (C=O) groups excluding carboxylic acids is 1. The van der Waals surface area contributed by atoms with Gasteiger partial charge in [0.15, 0.2) is 11.0 Å². The second-order valence-corrected chi connectivity index (χ2v) is 4.88. The number of likely N-dealkylation sites (tertiary alicyclic amines) is 1. The molecule has 9 heteroatoms. The van der Waals surface area contributed by atoms with E-state index in [1.54, 1.807) is 4.90 Å². The molecule has 0 atom stereocenters. The molecule has 1 saturated heterocycles. The van der Waals surface area contributed by atoms with Crippen LogP contribution in [-0.4, -0.2) is 49.1 Å². The minimum Gasteiger partial charge on any atom is -0.343 e. The number of nitrogens with one attached hydrogen (secondary N) is 2. The first-order valence-electron chi connectivity index (χ1n) is 6.39. The Bertz CT molecular complexity index is 764. The Morgan fingerprint density at radius 1 is 1.20 bits per heavy atom. The average molecular weight is 278 g/mol. The van der Waals surface area contributed by atoms with E-state index in [-0.39, 0.29) is 23.0 Å². The van der Waals surface area contributed by atoms with Gasteiger partial charge >= 0.3 is 0 Å². The molecule has 106 valence electrons. The number of carbonyl (C=O) groups is 1. The third-order valence-corrected chi connectivity index (χ3v) is 3.67. The van der Waals surface area contributed by atoms with Crippen molar-refractivity contribution in [3.05, 3.63) is 20.7 Å². The van der Waals surface area contributed by atoms with Crippen molar-refractivity contribution in [2.45, 2.75) is 25.8 Å². The van der Waals surface area contributed by atoms with Gasteiger partial charge in [-0.2, -0.15) is 0 Å². The topological polar surface area (TPSA) is 117 Å². The van der Waals surface area contributed by atoms with E-state index in [1.807, 2.05) is 0 Å². The number of aromatic amines is 2. The number of amides is 1. The highest BCUT2D eigenvalue weighted by atomic mass is 16.2. The lowest BCUT2D eigenvalue weighted by Crippen LogP contribution is -2.38. The van der Waals surface area contributed by atoms with E-state index in [0.717, 1.165) is 0 Å². The monoisotopic (exact) mass is 278 g/mol. The average Bonchev–Trinajstić information content (AvgIpc) is 2.89. The van der Waals surface area contributed by atoms with E-state index in [4.69, 9.17) is 0 Å². The summed E-state index contributed by atoms with van der Waals surface area (Å²) in [6, 6.07) is -0.0292. The Morgan fingerprint density at radius 2 is 1.85 bits per heavy atom. The summed E-state index contributed by atoms with van der Waals surface area (Å²) in [4.78, 5) is 36.5. The van der Waals surface area contributed by atoms with Crippen molar-refractivity contribution in [2.75, 3.05) is 13.1 Å². The van der Waals surface area contributed by atoms with Gasteiger partial charge in [0.1, 0.15) is 0 Å². The Balaban J connectivity index is 1.97.